The van der Waals surface area contributed by atoms with Crippen molar-refractivity contribution in [3.63, 3.8) is 0 Å². The number of aliphatic hydroxyl groups is 1. The normalized spacial score (nSPS) is 11.6. The summed E-state index contributed by atoms with van der Waals surface area (Å²) in [5, 5.41) is 9.51. The number of hydrogen-bond donors (Lipinski definition) is 1. The molecule has 0 radical (unpaired) electrons. The maximum atomic E-state index is 9.51. The summed E-state index contributed by atoms with van der Waals surface area (Å²) < 4.78 is 7.85. The van der Waals surface area contributed by atoms with Crippen LogP contribution in [0.2, 0.25) is 0 Å². The zero-order valence-electron chi connectivity index (χ0n) is 7.64. The summed E-state index contributed by atoms with van der Waals surface area (Å²) in [7, 11) is 0. The number of rotatable bonds is 2. The van der Waals surface area contributed by atoms with Crippen molar-refractivity contribution in [1.29, 1.82) is 0 Å². The average Bonchev–Trinajstić information content (AvgIpc) is 1.95. The predicted molar refractivity (Wildman–Crippen MR) is 66.5 cm³/mol. The lowest BCUT2D eigenvalue weighted by Crippen LogP contribution is -2.27. The molecule has 0 bridgehead atoms. The van der Waals surface area contributed by atoms with Gasteiger partial charge < -0.3 is 9.84 Å². The van der Waals surface area contributed by atoms with Gasteiger partial charge in [-0.15, -0.1) is 0 Å². The van der Waals surface area contributed by atoms with E-state index in [0.29, 0.717) is 5.75 Å². The summed E-state index contributed by atoms with van der Waals surface area (Å²) in [5.41, 5.74) is 0. The van der Waals surface area contributed by atoms with Crippen molar-refractivity contribution in [3.8, 4) is 5.75 Å². The Labute approximate surface area is 108 Å². The third-order valence-electron chi connectivity index (χ3n) is 1.31. The van der Waals surface area contributed by atoms with Gasteiger partial charge in [-0.25, -0.2) is 0 Å². The van der Waals surface area contributed by atoms with E-state index in [4.69, 9.17) is 4.74 Å². The van der Waals surface area contributed by atoms with Crippen LogP contribution in [0.25, 0.3) is 0 Å². The van der Waals surface area contributed by atoms with E-state index in [-0.39, 0.29) is 0 Å². The highest BCUT2D eigenvalue weighted by Crippen LogP contribution is 2.37. The summed E-state index contributed by atoms with van der Waals surface area (Å²) in [6, 6.07) is 3.71. The molecule has 0 amide bonds. The van der Waals surface area contributed by atoms with E-state index in [1.54, 1.807) is 13.8 Å². The molecule has 0 aromatic heterocycles. The van der Waals surface area contributed by atoms with E-state index in [2.05, 4.69) is 47.8 Å². The van der Waals surface area contributed by atoms with Crippen molar-refractivity contribution >= 4 is 47.8 Å². The Morgan fingerprint density at radius 2 is 1.57 bits per heavy atom. The van der Waals surface area contributed by atoms with Crippen LogP contribution in [0.15, 0.2) is 25.6 Å². The van der Waals surface area contributed by atoms with Crippen LogP contribution in [0.5, 0.6) is 5.75 Å². The van der Waals surface area contributed by atoms with Crippen LogP contribution < -0.4 is 4.74 Å². The molecule has 0 saturated heterocycles. The number of ether oxygens (including phenoxy) is 1. The molecule has 14 heavy (non-hydrogen) atoms. The van der Waals surface area contributed by atoms with Crippen molar-refractivity contribution in [2.45, 2.75) is 19.6 Å². The molecule has 0 aliphatic rings. The molecule has 1 aromatic carbocycles. The van der Waals surface area contributed by atoms with Gasteiger partial charge in [-0.05, 0) is 44.0 Å². The van der Waals surface area contributed by atoms with Gasteiger partial charge in [-0.2, -0.15) is 0 Å². The van der Waals surface area contributed by atoms with E-state index in [9.17, 15) is 5.11 Å². The van der Waals surface area contributed by atoms with Crippen molar-refractivity contribution in [2.75, 3.05) is 0 Å². The SMILES string of the molecule is CC(C)(O)Oc1c(Br)cc(Br)cc1Br. The largest absolute Gasteiger partial charge is 0.461 e. The first-order valence-corrected chi connectivity index (χ1v) is 6.23. The van der Waals surface area contributed by atoms with Crippen LogP contribution in [-0.2, 0) is 0 Å². The minimum absolute atomic E-state index is 0.584. The second-order valence-electron chi connectivity index (χ2n) is 3.25. The molecule has 1 rings (SSSR count). The molecule has 1 N–H and O–H groups in total. The quantitative estimate of drug-likeness (QED) is 0.773. The van der Waals surface area contributed by atoms with E-state index >= 15 is 0 Å². The molecule has 78 valence electrons. The number of hydrogen-bond acceptors (Lipinski definition) is 2. The highest BCUT2D eigenvalue weighted by atomic mass is 79.9. The van der Waals surface area contributed by atoms with E-state index in [1.807, 2.05) is 12.1 Å². The Hall–Kier alpha value is 0.420. The molecule has 5 heteroatoms. The van der Waals surface area contributed by atoms with Crippen molar-refractivity contribution in [1.82, 2.24) is 0 Å². The Morgan fingerprint density at radius 3 is 1.93 bits per heavy atom. The highest BCUT2D eigenvalue weighted by molar-refractivity contribution is 9.11. The van der Waals surface area contributed by atoms with Gasteiger partial charge in [0.2, 0.25) is 5.79 Å². The standard InChI is InChI=1S/C9H9Br3O2/c1-9(2,13)14-8-6(11)3-5(10)4-7(8)12/h3-4,13H,1-2H3. The summed E-state index contributed by atoms with van der Waals surface area (Å²) >= 11 is 10.1. The van der Waals surface area contributed by atoms with Gasteiger partial charge in [-0.1, -0.05) is 15.9 Å². The van der Waals surface area contributed by atoms with E-state index in [0.717, 1.165) is 13.4 Å². The van der Waals surface area contributed by atoms with Gasteiger partial charge in [-0.3, -0.25) is 0 Å². The summed E-state index contributed by atoms with van der Waals surface area (Å²) in [5.74, 6) is -0.612. The Balaban J connectivity index is 3.09. The Kier molecular flexibility index (Phi) is 4.03. The molecule has 2 nitrogen and oxygen atoms in total. The molecule has 0 spiro atoms. The van der Waals surface area contributed by atoms with E-state index < -0.39 is 5.79 Å². The first kappa shape index (κ1) is 12.5. The zero-order chi connectivity index (χ0) is 10.9. The lowest BCUT2D eigenvalue weighted by atomic mass is 10.3. The first-order chi connectivity index (χ1) is 6.29. The van der Waals surface area contributed by atoms with Crippen LogP contribution in [0.3, 0.4) is 0 Å². The van der Waals surface area contributed by atoms with E-state index in [1.165, 1.54) is 0 Å². The molecular weight excluding hydrogens is 380 g/mol. The molecule has 0 heterocycles. The fraction of sp³-hybridized carbons (Fsp3) is 0.333. The molecule has 0 fully saturated rings. The molecule has 0 aliphatic carbocycles. The number of halogens is 3. The third kappa shape index (κ3) is 3.53. The van der Waals surface area contributed by atoms with Gasteiger partial charge >= 0.3 is 0 Å². The molecule has 0 aliphatic heterocycles. The van der Waals surface area contributed by atoms with Crippen LogP contribution in [-0.4, -0.2) is 10.9 Å². The molecule has 0 atom stereocenters. The van der Waals surface area contributed by atoms with Crippen LogP contribution in [0.4, 0.5) is 0 Å². The average molecular weight is 389 g/mol. The van der Waals surface area contributed by atoms with Gasteiger partial charge in [0.15, 0.2) is 5.75 Å². The second-order valence-corrected chi connectivity index (χ2v) is 5.87. The van der Waals surface area contributed by atoms with Gasteiger partial charge in [0.25, 0.3) is 0 Å². The van der Waals surface area contributed by atoms with Crippen molar-refractivity contribution < 1.29 is 9.84 Å². The van der Waals surface area contributed by atoms with Crippen molar-refractivity contribution in [2.24, 2.45) is 0 Å². The topological polar surface area (TPSA) is 29.5 Å². The van der Waals surface area contributed by atoms with Crippen LogP contribution >= 0.6 is 47.8 Å². The number of benzene rings is 1. The third-order valence-corrected chi connectivity index (χ3v) is 2.95. The fourth-order valence-corrected chi connectivity index (χ4v) is 3.30. The summed E-state index contributed by atoms with van der Waals surface area (Å²) in [4.78, 5) is 0. The molecule has 0 saturated carbocycles. The van der Waals surface area contributed by atoms with Crippen LogP contribution in [0.1, 0.15) is 13.8 Å². The maximum Gasteiger partial charge on any atom is 0.202 e. The highest BCUT2D eigenvalue weighted by Gasteiger charge is 2.18. The molecular formula is C9H9Br3O2. The summed E-state index contributed by atoms with van der Waals surface area (Å²) in [6.07, 6.45) is 0. The Bertz CT molecular complexity index is 321. The molecule has 0 unspecified atom stereocenters. The lowest BCUT2D eigenvalue weighted by Gasteiger charge is -2.21. The fourth-order valence-electron chi connectivity index (χ4n) is 0.876. The minimum atomic E-state index is -1.20. The molecule has 1 aromatic rings. The van der Waals surface area contributed by atoms with Gasteiger partial charge in [0, 0.05) is 18.3 Å². The Morgan fingerprint density at radius 1 is 1.14 bits per heavy atom. The summed E-state index contributed by atoms with van der Waals surface area (Å²) in [6.45, 7) is 3.15. The monoisotopic (exact) mass is 386 g/mol. The van der Waals surface area contributed by atoms with Crippen LogP contribution in [0, 0.1) is 0 Å². The first-order valence-electron chi connectivity index (χ1n) is 3.85. The zero-order valence-corrected chi connectivity index (χ0v) is 12.4. The van der Waals surface area contributed by atoms with Crippen molar-refractivity contribution in [3.05, 3.63) is 25.6 Å². The second kappa shape index (κ2) is 4.51. The van der Waals surface area contributed by atoms with Gasteiger partial charge in [0.05, 0.1) is 8.95 Å². The minimum Gasteiger partial charge on any atom is -0.461 e. The maximum absolute atomic E-state index is 9.51. The predicted octanol–water partition coefficient (Wildman–Crippen LogP) is 4.08. The van der Waals surface area contributed by atoms with Gasteiger partial charge in [0.1, 0.15) is 0 Å². The lowest BCUT2D eigenvalue weighted by molar-refractivity contribution is -0.105. The smallest absolute Gasteiger partial charge is 0.202 e.